The SMILES string of the molecule is O=c1cc(N2CCOCC2)nc(N2CCC(F)C2)[nH]1. The number of ether oxygens (including phenoxy) is 1. The lowest BCUT2D eigenvalue weighted by atomic mass is 10.3. The number of rotatable bonds is 2. The summed E-state index contributed by atoms with van der Waals surface area (Å²) in [6, 6.07) is 1.48. The molecule has 1 unspecified atom stereocenters. The van der Waals surface area contributed by atoms with Gasteiger partial charge in [-0.1, -0.05) is 0 Å². The summed E-state index contributed by atoms with van der Waals surface area (Å²) in [5.41, 5.74) is -0.200. The molecule has 0 bridgehead atoms. The van der Waals surface area contributed by atoms with E-state index in [0.717, 1.165) is 13.1 Å². The molecule has 0 saturated carbocycles. The highest BCUT2D eigenvalue weighted by Gasteiger charge is 2.24. The minimum absolute atomic E-state index is 0.200. The predicted molar refractivity (Wildman–Crippen MR) is 69.6 cm³/mol. The topological polar surface area (TPSA) is 61.5 Å². The second kappa shape index (κ2) is 5.16. The van der Waals surface area contributed by atoms with E-state index in [0.29, 0.717) is 44.5 Å². The van der Waals surface area contributed by atoms with E-state index < -0.39 is 6.17 Å². The molecule has 2 aliphatic rings. The van der Waals surface area contributed by atoms with Crippen LogP contribution in [0.3, 0.4) is 0 Å². The number of hydrogen-bond acceptors (Lipinski definition) is 5. The van der Waals surface area contributed by atoms with Crippen LogP contribution in [0.4, 0.5) is 16.2 Å². The van der Waals surface area contributed by atoms with E-state index in [1.165, 1.54) is 6.07 Å². The number of nitrogens with one attached hydrogen (secondary N) is 1. The van der Waals surface area contributed by atoms with Crippen molar-refractivity contribution in [2.24, 2.45) is 0 Å². The van der Waals surface area contributed by atoms with Gasteiger partial charge < -0.3 is 14.5 Å². The Bertz CT molecular complexity index is 475. The first-order valence-electron chi connectivity index (χ1n) is 6.55. The number of halogens is 1. The molecule has 1 N–H and O–H groups in total. The van der Waals surface area contributed by atoms with Crippen molar-refractivity contribution >= 4 is 11.8 Å². The molecule has 2 aliphatic heterocycles. The van der Waals surface area contributed by atoms with Crippen molar-refractivity contribution in [3.8, 4) is 0 Å². The van der Waals surface area contributed by atoms with Crippen LogP contribution in [0.15, 0.2) is 10.9 Å². The minimum Gasteiger partial charge on any atom is -0.378 e. The van der Waals surface area contributed by atoms with Gasteiger partial charge in [-0.05, 0) is 6.42 Å². The largest absolute Gasteiger partial charge is 0.378 e. The molecule has 2 saturated heterocycles. The van der Waals surface area contributed by atoms with Gasteiger partial charge in [0.05, 0.1) is 19.8 Å². The number of aromatic nitrogens is 2. The van der Waals surface area contributed by atoms with Gasteiger partial charge in [-0.25, -0.2) is 4.39 Å². The molecule has 6 nitrogen and oxygen atoms in total. The molecule has 0 spiro atoms. The first-order chi connectivity index (χ1) is 9.22. The lowest BCUT2D eigenvalue weighted by Gasteiger charge is -2.28. The molecular formula is C12H17FN4O2. The van der Waals surface area contributed by atoms with Gasteiger partial charge in [0.1, 0.15) is 12.0 Å². The van der Waals surface area contributed by atoms with Crippen molar-refractivity contribution in [1.29, 1.82) is 0 Å². The molecule has 1 aromatic heterocycles. The van der Waals surface area contributed by atoms with E-state index in [-0.39, 0.29) is 5.56 Å². The summed E-state index contributed by atoms with van der Waals surface area (Å²) in [7, 11) is 0. The van der Waals surface area contributed by atoms with Crippen LogP contribution in [-0.2, 0) is 4.74 Å². The molecule has 0 amide bonds. The lowest BCUT2D eigenvalue weighted by Crippen LogP contribution is -2.38. The average Bonchev–Trinajstić information content (AvgIpc) is 2.86. The van der Waals surface area contributed by atoms with E-state index in [4.69, 9.17) is 4.74 Å². The van der Waals surface area contributed by atoms with Crippen LogP contribution in [0, 0.1) is 0 Å². The van der Waals surface area contributed by atoms with E-state index in [1.54, 1.807) is 4.90 Å². The second-order valence-electron chi connectivity index (χ2n) is 4.86. The van der Waals surface area contributed by atoms with Gasteiger partial charge in [0.15, 0.2) is 0 Å². The molecule has 1 aromatic rings. The van der Waals surface area contributed by atoms with Gasteiger partial charge in [0, 0.05) is 25.7 Å². The third-order valence-corrected chi connectivity index (χ3v) is 3.48. The van der Waals surface area contributed by atoms with Crippen molar-refractivity contribution in [2.75, 3.05) is 49.2 Å². The van der Waals surface area contributed by atoms with Crippen molar-refractivity contribution < 1.29 is 9.13 Å². The molecule has 3 rings (SSSR count). The van der Waals surface area contributed by atoms with Crippen molar-refractivity contribution in [3.05, 3.63) is 16.4 Å². The fourth-order valence-electron chi connectivity index (χ4n) is 2.45. The van der Waals surface area contributed by atoms with E-state index in [9.17, 15) is 9.18 Å². The monoisotopic (exact) mass is 268 g/mol. The van der Waals surface area contributed by atoms with Gasteiger partial charge in [-0.3, -0.25) is 9.78 Å². The van der Waals surface area contributed by atoms with Crippen LogP contribution in [0.25, 0.3) is 0 Å². The Morgan fingerprint density at radius 1 is 1.32 bits per heavy atom. The Morgan fingerprint density at radius 2 is 2.11 bits per heavy atom. The van der Waals surface area contributed by atoms with E-state index in [1.807, 2.05) is 4.90 Å². The van der Waals surface area contributed by atoms with Gasteiger partial charge in [-0.15, -0.1) is 0 Å². The number of H-pyrrole nitrogens is 1. The normalized spacial score (nSPS) is 23.9. The van der Waals surface area contributed by atoms with Crippen LogP contribution >= 0.6 is 0 Å². The standard InChI is InChI=1S/C12H17FN4O2/c13-9-1-2-17(8-9)12-14-10(7-11(18)15-12)16-3-5-19-6-4-16/h7,9H,1-6,8H2,(H,14,15,18). The fourth-order valence-corrected chi connectivity index (χ4v) is 2.45. The Kier molecular flexibility index (Phi) is 3.37. The molecule has 0 radical (unpaired) electrons. The summed E-state index contributed by atoms with van der Waals surface area (Å²) >= 11 is 0. The quantitative estimate of drug-likeness (QED) is 0.827. The van der Waals surface area contributed by atoms with Crippen LogP contribution in [0.5, 0.6) is 0 Å². The zero-order valence-corrected chi connectivity index (χ0v) is 10.6. The minimum atomic E-state index is -0.836. The Morgan fingerprint density at radius 3 is 2.79 bits per heavy atom. The maximum absolute atomic E-state index is 13.2. The summed E-state index contributed by atoms with van der Waals surface area (Å²) in [5.74, 6) is 1.11. The average molecular weight is 268 g/mol. The third kappa shape index (κ3) is 2.70. The molecule has 2 fully saturated rings. The molecule has 104 valence electrons. The molecule has 0 aliphatic carbocycles. The first-order valence-corrected chi connectivity index (χ1v) is 6.55. The summed E-state index contributed by atoms with van der Waals surface area (Å²) in [5, 5.41) is 0. The van der Waals surface area contributed by atoms with Crippen molar-refractivity contribution in [1.82, 2.24) is 9.97 Å². The number of hydrogen-bond donors (Lipinski definition) is 1. The Balaban J connectivity index is 1.85. The van der Waals surface area contributed by atoms with E-state index in [2.05, 4.69) is 9.97 Å². The second-order valence-corrected chi connectivity index (χ2v) is 4.86. The van der Waals surface area contributed by atoms with Crippen LogP contribution in [0.1, 0.15) is 6.42 Å². The summed E-state index contributed by atoms with van der Waals surface area (Å²) in [6.45, 7) is 3.62. The summed E-state index contributed by atoms with van der Waals surface area (Å²) < 4.78 is 18.5. The van der Waals surface area contributed by atoms with Crippen molar-refractivity contribution in [2.45, 2.75) is 12.6 Å². The zero-order valence-electron chi connectivity index (χ0n) is 10.6. The lowest BCUT2D eigenvalue weighted by molar-refractivity contribution is 0.122. The third-order valence-electron chi connectivity index (χ3n) is 3.48. The maximum Gasteiger partial charge on any atom is 0.254 e. The molecule has 1 atom stereocenters. The number of morpholine rings is 1. The molecule has 19 heavy (non-hydrogen) atoms. The zero-order chi connectivity index (χ0) is 13.2. The predicted octanol–water partition coefficient (Wildman–Crippen LogP) is 0.155. The van der Waals surface area contributed by atoms with Crippen LogP contribution in [-0.4, -0.2) is 55.5 Å². The number of anilines is 2. The maximum atomic E-state index is 13.2. The van der Waals surface area contributed by atoms with E-state index >= 15 is 0 Å². The van der Waals surface area contributed by atoms with Gasteiger partial charge in [-0.2, -0.15) is 4.98 Å². The van der Waals surface area contributed by atoms with Gasteiger partial charge >= 0.3 is 0 Å². The summed E-state index contributed by atoms with van der Waals surface area (Å²) in [4.78, 5) is 22.7. The molecule has 7 heteroatoms. The van der Waals surface area contributed by atoms with Crippen molar-refractivity contribution in [3.63, 3.8) is 0 Å². The van der Waals surface area contributed by atoms with Crippen LogP contribution < -0.4 is 15.4 Å². The van der Waals surface area contributed by atoms with Crippen LogP contribution in [0.2, 0.25) is 0 Å². The number of alkyl halides is 1. The Labute approximate surface area is 110 Å². The van der Waals surface area contributed by atoms with Gasteiger partial charge in [0.2, 0.25) is 5.95 Å². The molecule has 0 aromatic carbocycles. The first kappa shape index (κ1) is 12.4. The number of nitrogens with zero attached hydrogens (tertiary/aromatic N) is 3. The fraction of sp³-hybridized carbons (Fsp3) is 0.667. The highest BCUT2D eigenvalue weighted by Crippen LogP contribution is 2.19. The highest BCUT2D eigenvalue weighted by molar-refractivity contribution is 5.44. The molecular weight excluding hydrogens is 251 g/mol. The summed E-state index contributed by atoms with van der Waals surface area (Å²) in [6.07, 6.45) is -0.344. The van der Waals surface area contributed by atoms with Gasteiger partial charge in [0.25, 0.3) is 5.56 Å². The highest BCUT2D eigenvalue weighted by atomic mass is 19.1. The molecule has 3 heterocycles. The number of aromatic amines is 1. The Hall–Kier alpha value is -1.63. The smallest absolute Gasteiger partial charge is 0.254 e.